The molecule has 0 bridgehead atoms. The summed E-state index contributed by atoms with van der Waals surface area (Å²) >= 11 is 0. The van der Waals surface area contributed by atoms with Crippen LogP contribution in [0.5, 0.6) is 0 Å². The van der Waals surface area contributed by atoms with E-state index in [9.17, 15) is 13.2 Å². The minimum atomic E-state index is -3.54. The molecule has 3 rings (SSSR count). The molecule has 0 aliphatic carbocycles. The Morgan fingerprint density at radius 2 is 2.13 bits per heavy atom. The number of hydrogen-bond acceptors (Lipinski definition) is 7. The minimum absolute atomic E-state index is 0.152. The van der Waals surface area contributed by atoms with Crippen molar-refractivity contribution in [1.29, 1.82) is 0 Å². The van der Waals surface area contributed by atoms with Crippen LogP contribution in [-0.2, 0) is 36.0 Å². The largest absolute Gasteiger partial charge is 0.462 e. The topological polar surface area (TPSA) is 116 Å². The van der Waals surface area contributed by atoms with Crippen molar-refractivity contribution in [1.82, 2.24) is 14.9 Å². The summed E-state index contributed by atoms with van der Waals surface area (Å²) in [5.41, 5.74) is 0.592. The number of sulfone groups is 1. The van der Waals surface area contributed by atoms with Crippen LogP contribution in [0, 0.1) is 0 Å². The normalized spacial score (nSPS) is 15.6. The van der Waals surface area contributed by atoms with Crippen molar-refractivity contribution >= 4 is 9.84 Å². The number of fused-ring (bicyclic) bond motifs is 1. The van der Waals surface area contributed by atoms with Crippen LogP contribution < -0.4 is 5.56 Å². The second-order valence-corrected chi connectivity index (χ2v) is 7.49. The van der Waals surface area contributed by atoms with Gasteiger partial charge >= 0.3 is 0 Å². The quantitative estimate of drug-likeness (QED) is 0.742. The van der Waals surface area contributed by atoms with E-state index in [-0.39, 0.29) is 11.8 Å². The summed E-state index contributed by atoms with van der Waals surface area (Å²) < 4.78 is 28.5. The van der Waals surface area contributed by atoms with Crippen LogP contribution in [-0.4, -0.2) is 41.2 Å². The van der Waals surface area contributed by atoms with Gasteiger partial charge in [0.05, 0.1) is 17.8 Å². The summed E-state index contributed by atoms with van der Waals surface area (Å²) in [6, 6.07) is 3.50. The van der Waals surface area contributed by atoms with Gasteiger partial charge in [-0.1, -0.05) is 0 Å². The van der Waals surface area contributed by atoms with Crippen molar-refractivity contribution in [3.63, 3.8) is 0 Å². The number of aliphatic hydroxyl groups is 1. The summed E-state index contributed by atoms with van der Waals surface area (Å²) in [6.07, 6.45) is 1.51. The summed E-state index contributed by atoms with van der Waals surface area (Å²) in [6.45, 7) is 1.37. The summed E-state index contributed by atoms with van der Waals surface area (Å²) in [7, 11) is -3.54. The van der Waals surface area contributed by atoms with E-state index in [4.69, 9.17) is 9.52 Å². The number of aromatic nitrogens is 2. The SMILES string of the molecule is CS(=O)(=O)c1nc2c(c(=O)[nH]1)CN(Cc1ccc(CO)o1)CC2. The van der Waals surface area contributed by atoms with Gasteiger partial charge < -0.3 is 9.52 Å². The van der Waals surface area contributed by atoms with Crippen LogP contribution in [0.1, 0.15) is 22.8 Å². The number of aromatic amines is 1. The highest BCUT2D eigenvalue weighted by atomic mass is 32.2. The van der Waals surface area contributed by atoms with Crippen molar-refractivity contribution in [2.75, 3.05) is 12.8 Å². The zero-order valence-corrected chi connectivity index (χ0v) is 13.4. The highest BCUT2D eigenvalue weighted by Crippen LogP contribution is 2.18. The number of aliphatic hydroxyl groups excluding tert-OH is 1. The zero-order chi connectivity index (χ0) is 16.6. The van der Waals surface area contributed by atoms with Crippen LogP contribution in [0.15, 0.2) is 26.5 Å². The Morgan fingerprint density at radius 1 is 1.39 bits per heavy atom. The van der Waals surface area contributed by atoms with Gasteiger partial charge in [0.25, 0.3) is 5.56 Å². The van der Waals surface area contributed by atoms with E-state index in [1.54, 1.807) is 12.1 Å². The Morgan fingerprint density at radius 3 is 2.78 bits per heavy atom. The summed E-state index contributed by atoms with van der Waals surface area (Å²) in [5.74, 6) is 1.20. The molecule has 2 aromatic rings. The molecule has 0 saturated heterocycles. The molecule has 9 heteroatoms. The third kappa shape index (κ3) is 3.36. The Hall–Kier alpha value is -1.97. The summed E-state index contributed by atoms with van der Waals surface area (Å²) in [4.78, 5) is 20.6. The maximum absolute atomic E-state index is 12.1. The molecule has 0 spiro atoms. The molecule has 2 N–H and O–H groups in total. The van der Waals surface area contributed by atoms with Gasteiger partial charge in [-0.2, -0.15) is 0 Å². The molecule has 1 aliphatic heterocycles. The van der Waals surface area contributed by atoms with Gasteiger partial charge in [-0.25, -0.2) is 13.4 Å². The lowest BCUT2D eigenvalue weighted by atomic mass is 10.1. The predicted molar refractivity (Wildman–Crippen MR) is 80.4 cm³/mol. The van der Waals surface area contributed by atoms with E-state index in [1.807, 2.05) is 4.90 Å². The maximum Gasteiger partial charge on any atom is 0.256 e. The van der Waals surface area contributed by atoms with E-state index in [0.717, 1.165) is 6.26 Å². The third-order valence-corrected chi connectivity index (χ3v) is 4.63. The molecule has 0 amide bonds. The van der Waals surface area contributed by atoms with Crippen molar-refractivity contribution in [3.8, 4) is 0 Å². The van der Waals surface area contributed by atoms with Crippen molar-refractivity contribution in [2.24, 2.45) is 0 Å². The molecule has 0 radical (unpaired) electrons. The first-order valence-corrected chi connectivity index (χ1v) is 8.99. The van der Waals surface area contributed by atoms with Gasteiger partial charge in [-0.3, -0.25) is 14.7 Å². The fourth-order valence-corrected chi connectivity index (χ4v) is 3.14. The van der Waals surface area contributed by atoms with Gasteiger partial charge in [0.15, 0.2) is 0 Å². The van der Waals surface area contributed by atoms with E-state index in [0.29, 0.717) is 48.8 Å². The standard InChI is InChI=1S/C14H17N3O5S/c1-23(20,21)14-15-12-4-5-17(7-11(12)13(19)16-14)6-9-2-3-10(8-18)22-9/h2-3,18H,4-8H2,1H3,(H,15,16,19). The highest BCUT2D eigenvalue weighted by molar-refractivity contribution is 7.90. The first-order chi connectivity index (χ1) is 10.9. The monoisotopic (exact) mass is 339 g/mol. The number of furan rings is 1. The second-order valence-electron chi connectivity index (χ2n) is 5.56. The molecule has 23 heavy (non-hydrogen) atoms. The molecular weight excluding hydrogens is 322 g/mol. The molecule has 3 heterocycles. The van der Waals surface area contributed by atoms with Crippen molar-refractivity contribution in [3.05, 3.63) is 45.3 Å². The maximum atomic E-state index is 12.1. The molecule has 124 valence electrons. The first kappa shape index (κ1) is 15.9. The van der Waals surface area contributed by atoms with Gasteiger partial charge in [-0.15, -0.1) is 0 Å². The van der Waals surface area contributed by atoms with Crippen LogP contribution >= 0.6 is 0 Å². The van der Waals surface area contributed by atoms with Crippen LogP contribution in [0.25, 0.3) is 0 Å². The molecule has 0 fully saturated rings. The lowest BCUT2D eigenvalue weighted by Gasteiger charge is -2.26. The Bertz CT molecular complexity index is 884. The fraction of sp³-hybridized carbons (Fsp3) is 0.429. The van der Waals surface area contributed by atoms with Crippen LogP contribution in [0.3, 0.4) is 0 Å². The second kappa shape index (κ2) is 5.91. The number of hydrogen-bond donors (Lipinski definition) is 2. The lowest BCUT2D eigenvalue weighted by molar-refractivity contribution is 0.206. The number of H-pyrrole nitrogens is 1. The number of nitrogens with zero attached hydrogens (tertiary/aromatic N) is 2. The van der Waals surface area contributed by atoms with E-state index < -0.39 is 15.4 Å². The average Bonchev–Trinajstić information content (AvgIpc) is 2.94. The van der Waals surface area contributed by atoms with Gasteiger partial charge in [0.2, 0.25) is 15.0 Å². The molecular formula is C14H17N3O5S. The number of nitrogens with one attached hydrogen (secondary N) is 1. The Kier molecular flexibility index (Phi) is 4.09. The molecule has 2 aromatic heterocycles. The molecule has 0 aromatic carbocycles. The van der Waals surface area contributed by atoms with E-state index in [2.05, 4.69) is 9.97 Å². The molecule has 8 nitrogen and oxygen atoms in total. The number of rotatable bonds is 4. The van der Waals surface area contributed by atoms with E-state index >= 15 is 0 Å². The highest BCUT2D eigenvalue weighted by Gasteiger charge is 2.24. The smallest absolute Gasteiger partial charge is 0.256 e. The van der Waals surface area contributed by atoms with Crippen molar-refractivity contribution in [2.45, 2.75) is 31.3 Å². The van der Waals surface area contributed by atoms with Gasteiger partial charge in [-0.05, 0) is 12.1 Å². The summed E-state index contributed by atoms with van der Waals surface area (Å²) in [5, 5.41) is 8.72. The first-order valence-electron chi connectivity index (χ1n) is 7.10. The van der Waals surface area contributed by atoms with Gasteiger partial charge in [0.1, 0.15) is 18.1 Å². The van der Waals surface area contributed by atoms with E-state index in [1.165, 1.54) is 0 Å². The fourth-order valence-electron chi connectivity index (χ4n) is 2.58. The lowest BCUT2D eigenvalue weighted by Crippen LogP contribution is -2.36. The Balaban J connectivity index is 1.82. The van der Waals surface area contributed by atoms with Crippen LogP contribution in [0.4, 0.5) is 0 Å². The average molecular weight is 339 g/mol. The molecule has 0 saturated carbocycles. The molecule has 0 atom stereocenters. The van der Waals surface area contributed by atoms with Crippen molar-refractivity contribution < 1.29 is 17.9 Å². The molecule has 0 unspecified atom stereocenters. The predicted octanol–water partition coefficient (Wildman–Crippen LogP) is -0.183. The van der Waals surface area contributed by atoms with Gasteiger partial charge in [0, 0.05) is 25.8 Å². The third-order valence-electron chi connectivity index (χ3n) is 3.73. The van der Waals surface area contributed by atoms with Crippen LogP contribution in [0.2, 0.25) is 0 Å². The zero-order valence-electron chi connectivity index (χ0n) is 12.6. The Labute approximate surface area is 132 Å². The minimum Gasteiger partial charge on any atom is -0.462 e. The molecule has 1 aliphatic rings.